The lowest BCUT2D eigenvalue weighted by Crippen LogP contribution is -2.49. The minimum Gasteiger partial charge on any atom is -0.495 e. The monoisotopic (exact) mass is 383 g/mol. The van der Waals surface area contributed by atoms with Crippen LogP contribution in [0.4, 0.5) is 5.69 Å². The van der Waals surface area contributed by atoms with E-state index in [2.05, 4.69) is 16.3 Å². The molecule has 0 saturated carbocycles. The second-order valence-electron chi connectivity index (χ2n) is 6.90. The van der Waals surface area contributed by atoms with Crippen molar-refractivity contribution in [3.05, 3.63) is 48.0 Å². The summed E-state index contributed by atoms with van der Waals surface area (Å²) in [5, 5.41) is 3.18. The Bertz CT molecular complexity index is 834. The third-order valence-electron chi connectivity index (χ3n) is 5.11. The number of methoxy groups -OCH3 is 1. The van der Waals surface area contributed by atoms with Crippen molar-refractivity contribution in [1.29, 1.82) is 0 Å². The maximum absolute atomic E-state index is 12.5. The second-order valence-corrected chi connectivity index (χ2v) is 6.90. The van der Waals surface area contributed by atoms with Crippen molar-refractivity contribution in [2.45, 2.75) is 6.54 Å². The van der Waals surface area contributed by atoms with Crippen LogP contribution in [0.3, 0.4) is 0 Å². The molecule has 1 N–H and O–H groups in total. The number of hydrogen-bond acceptors (Lipinski definition) is 6. The van der Waals surface area contributed by atoms with Gasteiger partial charge in [-0.2, -0.15) is 0 Å². The van der Waals surface area contributed by atoms with Gasteiger partial charge < -0.3 is 24.4 Å². The van der Waals surface area contributed by atoms with Gasteiger partial charge in [0.1, 0.15) is 5.75 Å². The Morgan fingerprint density at radius 3 is 2.68 bits per heavy atom. The molecule has 0 unspecified atom stereocenters. The normalized spacial score (nSPS) is 16.1. The van der Waals surface area contributed by atoms with E-state index in [-0.39, 0.29) is 12.5 Å². The molecule has 2 aliphatic rings. The number of rotatable bonds is 6. The second kappa shape index (κ2) is 8.39. The summed E-state index contributed by atoms with van der Waals surface area (Å²) in [6.45, 7) is 4.58. The highest BCUT2D eigenvalue weighted by molar-refractivity contribution is 5.81. The number of nitrogens with one attached hydrogen (secondary N) is 1. The summed E-state index contributed by atoms with van der Waals surface area (Å²) in [5.74, 6) is 2.47. The summed E-state index contributed by atoms with van der Waals surface area (Å²) in [5.41, 5.74) is 2.03. The summed E-state index contributed by atoms with van der Waals surface area (Å²) < 4.78 is 16.1. The molecule has 2 aromatic rings. The van der Waals surface area contributed by atoms with Crippen molar-refractivity contribution in [2.24, 2.45) is 0 Å². The summed E-state index contributed by atoms with van der Waals surface area (Å²) in [6.07, 6.45) is 0. The first-order valence-electron chi connectivity index (χ1n) is 9.48. The van der Waals surface area contributed by atoms with Crippen LogP contribution in [0.25, 0.3) is 0 Å². The minimum atomic E-state index is 0.105. The van der Waals surface area contributed by atoms with E-state index in [1.807, 2.05) is 41.3 Å². The van der Waals surface area contributed by atoms with Gasteiger partial charge in [-0.15, -0.1) is 0 Å². The maximum atomic E-state index is 12.5. The van der Waals surface area contributed by atoms with E-state index in [0.717, 1.165) is 55.7 Å². The molecule has 0 aromatic heterocycles. The van der Waals surface area contributed by atoms with Crippen LogP contribution in [-0.2, 0) is 11.3 Å². The first kappa shape index (κ1) is 18.4. The maximum Gasteiger partial charge on any atom is 0.241 e. The van der Waals surface area contributed by atoms with Crippen LogP contribution in [0.1, 0.15) is 5.56 Å². The molecule has 0 spiro atoms. The van der Waals surface area contributed by atoms with Crippen molar-refractivity contribution >= 4 is 11.6 Å². The van der Waals surface area contributed by atoms with Crippen molar-refractivity contribution in [3.8, 4) is 17.2 Å². The quantitative estimate of drug-likeness (QED) is 0.825. The average Bonchev–Trinajstić information content (AvgIpc) is 3.20. The van der Waals surface area contributed by atoms with E-state index in [1.54, 1.807) is 7.11 Å². The highest BCUT2D eigenvalue weighted by atomic mass is 16.7. The zero-order chi connectivity index (χ0) is 19.3. The van der Waals surface area contributed by atoms with Gasteiger partial charge in [0.25, 0.3) is 0 Å². The molecule has 148 valence electrons. The van der Waals surface area contributed by atoms with Crippen LogP contribution in [0.2, 0.25) is 0 Å². The lowest BCUT2D eigenvalue weighted by Gasteiger charge is -2.35. The summed E-state index contributed by atoms with van der Waals surface area (Å²) in [6, 6.07) is 13.7. The Kier molecular flexibility index (Phi) is 5.53. The number of para-hydroxylation sites is 2. The smallest absolute Gasteiger partial charge is 0.241 e. The summed E-state index contributed by atoms with van der Waals surface area (Å²) in [4.78, 5) is 16.8. The average molecular weight is 383 g/mol. The summed E-state index contributed by atoms with van der Waals surface area (Å²) in [7, 11) is 1.63. The van der Waals surface area contributed by atoms with Gasteiger partial charge in [-0.1, -0.05) is 18.2 Å². The first-order chi connectivity index (χ1) is 13.7. The SMILES string of the molecule is COc1ccccc1NCC(=O)N1CCN(Cc2ccc3c(c2)OCO3)CC1. The molecule has 1 amide bonds. The van der Waals surface area contributed by atoms with E-state index in [4.69, 9.17) is 14.2 Å². The van der Waals surface area contributed by atoms with E-state index in [9.17, 15) is 4.79 Å². The Labute approximate surface area is 164 Å². The number of fused-ring (bicyclic) bond motifs is 1. The number of benzene rings is 2. The number of amides is 1. The Morgan fingerprint density at radius 2 is 1.86 bits per heavy atom. The van der Waals surface area contributed by atoms with Gasteiger partial charge in [0.05, 0.1) is 19.3 Å². The number of carbonyl (C=O) groups excluding carboxylic acids is 1. The number of nitrogens with zero attached hydrogens (tertiary/aromatic N) is 2. The molecule has 0 radical (unpaired) electrons. The zero-order valence-electron chi connectivity index (χ0n) is 16.0. The van der Waals surface area contributed by atoms with E-state index in [0.29, 0.717) is 6.79 Å². The molecule has 1 fully saturated rings. The van der Waals surface area contributed by atoms with Crippen molar-refractivity contribution < 1.29 is 19.0 Å². The fraction of sp³-hybridized carbons (Fsp3) is 0.381. The topological polar surface area (TPSA) is 63.3 Å². The first-order valence-corrected chi connectivity index (χ1v) is 9.48. The van der Waals surface area contributed by atoms with Crippen LogP contribution in [0.5, 0.6) is 17.2 Å². The fourth-order valence-electron chi connectivity index (χ4n) is 3.53. The van der Waals surface area contributed by atoms with Crippen LogP contribution in [0, 0.1) is 0 Å². The molecular formula is C21H25N3O4. The molecule has 1 saturated heterocycles. The Hall–Kier alpha value is -2.93. The standard InChI is InChI=1S/C21H25N3O4/c1-26-18-5-3-2-4-17(18)22-13-21(25)24-10-8-23(9-11-24)14-16-6-7-19-20(12-16)28-15-27-19/h2-7,12,22H,8-11,13-15H2,1H3. The molecule has 0 bridgehead atoms. The molecule has 2 aromatic carbocycles. The zero-order valence-corrected chi connectivity index (χ0v) is 16.0. The van der Waals surface area contributed by atoms with Crippen molar-refractivity contribution in [3.63, 3.8) is 0 Å². The van der Waals surface area contributed by atoms with Gasteiger partial charge in [0.2, 0.25) is 12.7 Å². The van der Waals surface area contributed by atoms with E-state index >= 15 is 0 Å². The third kappa shape index (κ3) is 4.14. The van der Waals surface area contributed by atoms with Gasteiger partial charge in [-0.3, -0.25) is 9.69 Å². The summed E-state index contributed by atoms with van der Waals surface area (Å²) >= 11 is 0. The van der Waals surface area contributed by atoms with Crippen LogP contribution in [-0.4, -0.2) is 62.3 Å². The third-order valence-corrected chi connectivity index (χ3v) is 5.11. The van der Waals surface area contributed by atoms with Crippen molar-refractivity contribution in [1.82, 2.24) is 9.80 Å². The molecule has 2 heterocycles. The molecule has 7 nitrogen and oxygen atoms in total. The van der Waals surface area contributed by atoms with Crippen molar-refractivity contribution in [2.75, 3.05) is 51.9 Å². The lowest BCUT2D eigenvalue weighted by atomic mass is 10.1. The van der Waals surface area contributed by atoms with Gasteiger partial charge >= 0.3 is 0 Å². The fourth-order valence-corrected chi connectivity index (χ4v) is 3.53. The molecule has 7 heteroatoms. The van der Waals surface area contributed by atoms with Gasteiger partial charge in [-0.25, -0.2) is 0 Å². The molecule has 28 heavy (non-hydrogen) atoms. The van der Waals surface area contributed by atoms with Crippen LogP contribution < -0.4 is 19.5 Å². The number of piperazine rings is 1. The van der Waals surface area contributed by atoms with Gasteiger partial charge in [-0.05, 0) is 29.8 Å². The van der Waals surface area contributed by atoms with Gasteiger partial charge in [0, 0.05) is 32.7 Å². The highest BCUT2D eigenvalue weighted by Crippen LogP contribution is 2.32. The molecule has 0 aliphatic carbocycles. The minimum absolute atomic E-state index is 0.105. The molecule has 0 atom stereocenters. The Balaban J connectivity index is 1.25. The largest absolute Gasteiger partial charge is 0.495 e. The van der Waals surface area contributed by atoms with Crippen LogP contribution in [0.15, 0.2) is 42.5 Å². The van der Waals surface area contributed by atoms with E-state index < -0.39 is 0 Å². The molecule has 4 rings (SSSR count). The molecular weight excluding hydrogens is 358 g/mol. The molecule has 2 aliphatic heterocycles. The van der Waals surface area contributed by atoms with Crippen LogP contribution >= 0.6 is 0 Å². The van der Waals surface area contributed by atoms with E-state index in [1.165, 1.54) is 5.56 Å². The number of ether oxygens (including phenoxy) is 3. The highest BCUT2D eigenvalue weighted by Gasteiger charge is 2.22. The number of anilines is 1. The predicted molar refractivity (Wildman–Crippen MR) is 106 cm³/mol. The predicted octanol–water partition coefficient (Wildman–Crippen LogP) is 2.18. The number of carbonyl (C=O) groups is 1. The number of hydrogen-bond donors (Lipinski definition) is 1. The Morgan fingerprint density at radius 1 is 1.07 bits per heavy atom. The lowest BCUT2D eigenvalue weighted by molar-refractivity contribution is -0.131. The van der Waals surface area contributed by atoms with Gasteiger partial charge in [0.15, 0.2) is 11.5 Å².